The van der Waals surface area contributed by atoms with Gasteiger partial charge in [0.05, 0.1) is 11.4 Å². The summed E-state index contributed by atoms with van der Waals surface area (Å²) < 4.78 is 25.4. The third-order valence-corrected chi connectivity index (χ3v) is 6.45. The second kappa shape index (κ2) is 7.87. The Morgan fingerprint density at radius 1 is 0.966 bits per heavy atom. The number of amides is 2. The fraction of sp³-hybridized carbons (Fsp3) is 0.333. The lowest BCUT2D eigenvalue weighted by molar-refractivity contribution is -0.123. The van der Waals surface area contributed by atoms with Gasteiger partial charge >= 0.3 is 0 Å². The van der Waals surface area contributed by atoms with Crippen LogP contribution in [0.15, 0.2) is 48.5 Å². The minimum Gasteiger partial charge on any atom is -0.326 e. The molecule has 0 spiro atoms. The van der Waals surface area contributed by atoms with Gasteiger partial charge in [-0.1, -0.05) is 26.8 Å². The van der Waals surface area contributed by atoms with Gasteiger partial charge in [-0.25, -0.2) is 8.42 Å². The number of benzene rings is 2. The first-order chi connectivity index (χ1) is 13.6. The molecule has 2 N–H and O–H groups in total. The van der Waals surface area contributed by atoms with Crippen molar-refractivity contribution in [1.82, 2.24) is 0 Å². The average molecular weight is 416 g/mol. The highest BCUT2D eigenvalue weighted by Gasteiger charge is 2.28. The van der Waals surface area contributed by atoms with Crippen molar-refractivity contribution >= 4 is 38.9 Å². The quantitative estimate of drug-likeness (QED) is 0.799. The van der Waals surface area contributed by atoms with Crippen LogP contribution in [0, 0.1) is 5.41 Å². The van der Waals surface area contributed by atoms with Gasteiger partial charge < -0.3 is 10.6 Å². The third kappa shape index (κ3) is 4.95. The maximum Gasteiger partial charge on any atom is 0.255 e. The zero-order valence-corrected chi connectivity index (χ0v) is 17.5. The van der Waals surface area contributed by atoms with Gasteiger partial charge in [0.1, 0.15) is 0 Å². The number of rotatable bonds is 4. The van der Waals surface area contributed by atoms with Gasteiger partial charge in [0.15, 0.2) is 0 Å². The van der Waals surface area contributed by atoms with Crippen LogP contribution in [0.5, 0.6) is 0 Å². The summed E-state index contributed by atoms with van der Waals surface area (Å²) >= 11 is 0. The molecular weight excluding hydrogens is 390 g/mol. The Kier molecular flexibility index (Phi) is 5.66. The first kappa shape index (κ1) is 20.9. The van der Waals surface area contributed by atoms with Crippen LogP contribution in [0.3, 0.4) is 0 Å². The molecule has 8 heteroatoms. The van der Waals surface area contributed by atoms with Crippen LogP contribution in [0.2, 0.25) is 0 Å². The number of carbonyl (C=O) groups excluding carboxylic acids is 2. The molecule has 0 bridgehead atoms. The number of sulfonamides is 1. The van der Waals surface area contributed by atoms with E-state index in [2.05, 4.69) is 10.6 Å². The van der Waals surface area contributed by atoms with E-state index < -0.39 is 15.4 Å². The average Bonchev–Trinajstić information content (AvgIpc) is 3.00. The molecule has 2 aromatic carbocycles. The summed E-state index contributed by atoms with van der Waals surface area (Å²) in [5, 5.41) is 5.62. The molecule has 2 amide bonds. The molecule has 29 heavy (non-hydrogen) atoms. The summed E-state index contributed by atoms with van der Waals surface area (Å²) in [6.45, 7) is 5.93. The highest BCUT2D eigenvalue weighted by molar-refractivity contribution is 7.93. The van der Waals surface area contributed by atoms with Crippen molar-refractivity contribution in [1.29, 1.82) is 0 Å². The molecule has 2 aromatic rings. The second-order valence-corrected chi connectivity index (χ2v) is 10.0. The molecule has 0 atom stereocenters. The highest BCUT2D eigenvalue weighted by Crippen LogP contribution is 2.25. The fourth-order valence-electron chi connectivity index (χ4n) is 2.91. The molecule has 0 unspecified atom stereocenters. The van der Waals surface area contributed by atoms with E-state index in [0.29, 0.717) is 35.6 Å². The molecule has 1 aliphatic rings. The first-order valence-electron chi connectivity index (χ1n) is 9.40. The maximum atomic E-state index is 12.5. The second-order valence-electron chi connectivity index (χ2n) is 8.03. The summed E-state index contributed by atoms with van der Waals surface area (Å²) in [5.74, 6) is -0.286. The van der Waals surface area contributed by atoms with Crippen LogP contribution in [0.1, 0.15) is 37.6 Å². The van der Waals surface area contributed by atoms with Gasteiger partial charge in [-0.15, -0.1) is 0 Å². The molecule has 1 saturated heterocycles. The number of nitrogens with zero attached hydrogens (tertiary/aromatic N) is 1. The SMILES string of the molecule is CC(C)(C)C(=O)Nc1cccc(NC(=O)c2ccc(N3CCCS3(=O)=O)cc2)c1. The zero-order chi connectivity index (χ0) is 21.2. The normalized spacial score (nSPS) is 15.8. The minimum atomic E-state index is -3.25. The van der Waals surface area contributed by atoms with Crippen molar-refractivity contribution in [2.75, 3.05) is 27.2 Å². The summed E-state index contributed by atoms with van der Waals surface area (Å²) in [6.07, 6.45) is 0.604. The van der Waals surface area contributed by atoms with Crippen molar-refractivity contribution in [2.24, 2.45) is 5.41 Å². The van der Waals surface area contributed by atoms with Crippen LogP contribution in [-0.2, 0) is 14.8 Å². The Morgan fingerprint density at radius 2 is 1.59 bits per heavy atom. The molecule has 7 nitrogen and oxygen atoms in total. The fourth-order valence-corrected chi connectivity index (χ4v) is 4.47. The van der Waals surface area contributed by atoms with Crippen molar-refractivity contribution < 1.29 is 18.0 Å². The van der Waals surface area contributed by atoms with Gasteiger partial charge in [-0.3, -0.25) is 13.9 Å². The van der Waals surface area contributed by atoms with Crippen LogP contribution >= 0.6 is 0 Å². The summed E-state index contributed by atoms with van der Waals surface area (Å²) in [6, 6.07) is 13.4. The molecular formula is C21H25N3O4S. The lowest BCUT2D eigenvalue weighted by Crippen LogP contribution is -2.27. The van der Waals surface area contributed by atoms with Crippen LogP contribution < -0.4 is 14.9 Å². The van der Waals surface area contributed by atoms with Gasteiger partial charge in [0, 0.05) is 28.9 Å². The van der Waals surface area contributed by atoms with Crippen LogP contribution in [0.4, 0.5) is 17.1 Å². The van der Waals surface area contributed by atoms with E-state index in [1.165, 1.54) is 4.31 Å². The Balaban J connectivity index is 1.69. The summed E-state index contributed by atoms with van der Waals surface area (Å²) in [7, 11) is -3.25. The molecule has 1 heterocycles. The smallest absolute Gasteiger partial charge is 0.255 e. The van der Waals surface area contributed by atoms with E-state index in [0.717, 1.165) is 0 Å². The molecule has 3 rings (SSSR count). The molecule has 0 aromatic heterocycles. The monoisotopic (exact) mass is 415 g/mol. The number of hydrogen-bond acceptors (Lipinski definition) is 4. The number of hydrogen-bond donors (Lipinski definition) is 2. The van der Waals surface area contributed by atoms with Gasteiger partial charge in [-0.2, -0.15) is 0 Å². The van der Waals surface area contributed by atoms with Gasteiger partial charge in [0.2, 0.25) is 15.9 Å². The Bertz CT molecular complexity index is 1020. The molecule has 0 aliphatic carbocycles. The van der Waals surface area contributed by atoms with Crippen molar-refractivity contribution in [3.8, 4) is 0 Å². The minimum absolute atomic E-state index is 0.117. The van der Waals surface area contributed by atoms with E-state index in [1.807, 2.05) is 20.8 Å². The topological polar surface area (TPSA) is 95.6 Å². The van der Waals surface area contributed by atoms with E-state index in [4.69, 9.17) is 0 Å². The maximum absolute atomic E-state index is 12.5. The molecule has 1 aliphatic heterocycles. The van der Waals surface area contributed by atoms with Crippen LogP contribution in [0.25, 0.3) is 0 Å². The number of carbonyl (C=O) groups is 2. The standard InChI is InChI=1S/C21H25N3O4S/c1-21(2,3)20(26)23-17-7-4-6-16(14-17)22-19(25)15-8-10-18(11-9-15)24-12-5-13-29(24,27)28/h4,6-11,14H,5,12-13H2,1-3H3,(H,22,25)(H,23,26). The van der Waals surface area contributed by atoms with Crippen molar-refractivity contribution in [3.63, 3.8) is 0 Å². The molecule has 0 radical (unpaired) electrons. The predicted molar refractivity (Wildman–Crippen MR) is 115 cm³/mol. The highest BCUT2D eigenvalue weighted by atomic mass is 32.2. The Morgan fingerprint density at radius 3 is 2.14 bits per heavy atom. The van der Waals surface area contributed by atoms with Crippen molar-refractivity contribution in [2.45, 2.75) is 27.2 Å². The lowest BCUT2D eigenvalue weighted by Gasteiger charge is -2.18. The van der Waals surface area contributed by atoms with E-state index >= 15 is 0 Å². The summed E-state index contributed by atoms with van der Waals surface area (Å²) in [5.41, 5.74) is 1.59. The Hall–Kier alpha value is -2.87. The summed E-state index contributed by atoms with van der Waals surface area (Å²) in [4.78, 5) is 24.7. The largest absolute Gasteiger partial charge is 0.326 e. The lowest BCUT2D eigenvalue weighted by atomic mass is 9.95. The molecule has 154 valence electrons. The predicted octanol–water partition coefficient (Wildman–Crippen LogP) is 3.46. The first-order valence-corrected chi connectivity index (χ1v) is 11.0. The van der Waals surface area contributed by atoms with E-state index in [-0.39, 0.29) is 17.6 Å². The third-order valence-electron chi connectivity index (χ3n) is 4.58. The van der Waals surface area contributed by atoms with Crippen molar-refractivity contribution in [3.05, 3.63) is 54.1 Å². The molecule has 0 saturated carbocycles. The van der Waals surface area contributed by atoms with Gasteiger partial charge in [0.25, 0.3) is 5.91 Å². The van der Waals surface area contributed by atoms with E-state index in [1.54, 1.807) is 48.5 Å². The van der Waals surface area contributed by atoms with Gasteiger partial charge in [-0.05, 0) is 48.9 Å². The zero-order valence-electron chi connectivity index (χ0n) is 16.7. The number of nitrogens with one attached hydrogen (secondary N) is 2. The molecule has 1 fully saturated rings. The van der Waals surface area contributed by atoms with Crippen LogP contribution in [-0.4, -0.2) is 32.5 Å². The van der Waals surface area contributed by atoms with E-state index in [9.17, 15) is 18.0 Å². The Labute approximate surface area is 171 Å². The number of anilines is 3.